The predicted octanol–water partition coefficient (Wildman–Crippen LogP) is 0.775. The van der Waals surface area contributed by atoms with E-state index in [4.69, 9.17) is 5.73 Å². The maximum absolute atomic E-state index is 5.63. The third-order valence-corrected chi connectivity index (χ3v) is 3.09. The minimum atomic E-state index is 0.477. The van der Waals surface area contributed by atoms with Crippen LogP contribution in [0.15, 0.2) is 0 Å². The molecule has 3 aromatic heterocycles. The third-order valence-electron chi connectivity index (χ3n) is 2.36. The number of nitrogens with two attached hydrogens (primary N) is 1. The minimum Gasteiger partial charge on any atom is -0.374 e. The van der Waals surface area contributed by atoms with Gasteiger partial charge in [0.1, 0.15) is 0 Å². The largest absolute Gasteiger partial charge is 0.374 e. The van der Waals surface area contributed by atoms with Crippen LogP contribution in [0.1, 0.15) is 11.4 Å². The molecule has 0 unspecified atom stereocenters. The van der Waals surface area contributed by atoms with Gasteiger partial charge in [0.25, 0.3) is 0 Å². The number of fused-ring (bicyclic) bond motifs is 1. The van der Waals surface area contributed by atoms with Crippen LogP contribution in [0.2, 0.25) is 0 Å². The Morgan fingerprint density at radius 3 is 2.81 bits per heavy atom. The quantitative estimate of drug-likeness (QED) is 0.649. The molecule has 0 spiro atoms. The van der Waals surface area contributed by atoms with Gasteiger partial charge in [-0.05, 0) is 13.8 Å². The Morgan fingerprint density at radius 2 is 2.12 bits per heavy atom. The van der Waals surface area contributed by atoms with Crippen LogP contribution in [-0.4, -0.2) is 30.0 Å². The number of rotatable bonds is 1. The summed E-state index contributed by atoms with van der Waals surface area (Å²) in [5.74, 6) is 0.673. The SMILES string of the molecule is Cc1n[nH]c(C)c1-c1nnc2sc(N)nn12. The van der Waals surface area contributed by atoms with Gasteiger partial charge in [-0.2, -0.15) is 9.61 Å². The van der Waals surface area contributed by atoms with Gasteiger partial charge in [0.05, 0.1) is 11.3 Å². The van der Waals surface area contributed by atoms with Crippen molar-refractivity contribution in [3.05, 3.63) is 11.4 Å². The van der Waals surface area contributed by atoms with E-state index in [1.807, 2.05) is 13.8 Å². The van der Waals surface area contributed by atoms with E-state index < -0.39 is 0 Å². The van der Waals surface area contributed by atoms with E-state index in [1.165, 1.54) is 11.3 Å². The van der Waals surface area contributed by atoms with Gasteiger partial charge in [-0.3, -0.25) is 5.10 Å². The van der Waals surface area contributed by atoms with Crippen LogP contribution in [-0.2, 0) is 0 Å². The maximum Gasteiger partial charge on any atom is 0.236 e. The minimum absolute atomic E-state index is 0.477. The molecule has 3 N–H and O–H groups in total. The summed E-state index contributed by atoms with van der Waals surface area (Å²) in [5, 5.41) is 19.8. The van der Waals surface area contributed by atoms with Crippen molar-refractivity contribution in [2.45, 2.75) is 13.8 Å². The summed E-state index contributed by atoms with van der Waals surface area (Å²) in [6, 6.07) is 0. The van der Waals surface area contributed by atoms with Crippen molar-refractivity contribution in [3.8, 4) is 11.4 Å². The van der Waals surface area contributed by atoms with Crippen molar-refractivity contribution in [3.63, 3.8) is 0 Å². The van der Waals surface area contributed by atoms with E-state index in [1.54, 1.807) is 4.52 Å². The average molecular weight is 235 g/mol. The van der Waals surface area contributed by atoms with E-state index in [2.05, 4.69) is 25.5 Å². The lowest BCUT2D eigenvalue weighted by atomic mass is 10.2. The van der Waals surface area contributed by atoms with Gasteiger partial charge in [0.2, 0.25) is 10.1 Å². The number of H-pyrrole nitrogens is 1. The van der Waals surface area contributed by atoms with Gasteiger partial charge in [-0.15, -0.1) is 15.3 Å². The number of nitrogens with one attached hydrogen (secondary N) is 1. The van der Waals surface area contributed by atoms with Crippen molar-refractivity contribution < 1.29 is 0 Å². The van der Waals surface area contributed by atoms with E-state index in [0.717, 1.165) is 17.0 Å². The van der Waals surface area contributed by atoms with E-state index in [9.17, 15) is 0 Å². The van der Waals surface area contributed by atoms with Crippen LogP contribution in [0, 0.1) is 13.8 Å². The molecule has 0 aliphatic heterocycles. The van der Waals surface area contributed by atoms with Crippen LogP contribution in [0.3, 0.4) is 0 Å². The number of anilines is 1. The predicted molar refractivity (Wildman–Crippen MR) is 60.1 cm³/mol. The Balaban J connectivity index is 2.33. The first-order chi connectivity index (χ1) is 7.66. The maximum atomic E-state index is 5.63. The highest BCUT2D eigenvalue weighted by Gasteiger charge is 2.17. The molecular formula is C8H9N7S. The standard InChI is InChI=1S/C8H9N7S/c1-3-5(4(2)11-10-3)6-12-13-8-15(6)14-7(9)16-8/h1-2H3,(H2,9,14)(H,10,11). The molecule has 0 bridgehead atoms. The highest BCUT2D eigenvalue weighted by molar-refractivity contribution is 7.20. The molecule has 0 atom stereocenters. The fourth-order valence-corrected chi connectivity index (χ4v) is 2.27. The zero-order valence-electron chi connectivity index (χ0n) is 8.72. The Bertz CT molecular complexity index is 642. The molecule has 0 aliphatic rings. The number of aromatic nitrogens is 6. The molecule has 0 fully saturated rings. The van der Waals surface area contributed by atoms with Crippen LogP contribution in [0.5, 0.6) is 0 Å². The smallest absolute Gasteiger partial charge is 0.236 e. The summed E-state index contributed by atoms with van der Waals surface area (Å²) < 4.78 is 1.64. The first kappa shape index (κ1) is 9.28. The number of hydrogen-bond acceptors (Lipinski definition) is 6. The second-order valence-corrected chi connectivity index (χ2v) is 4.45. The molecule has 3 heterocycles. The highest BCUT2D eigenvalue weighted by atomic mass is 32.1. The zero-order chi connectivity index (χ0) is 11.3. The first-order valence-corrected chi connectivity index (χ1v) is 5.48. The summed E-state index contributed by atoms with van der Waals surface area (Å²) in [6.45, 7) is 3.85. The lowest BCUT2D eigenvalue weighted by Gasteiger charge is -1.95. The molecule has 0 radical (unpaired) electrons. The molecule has 8 heteroatoms. The van der Waals surface area contributed by atoms with Gasteiger partial charge < -0.3 is 5.73 Å². The molecule has 82 valence electrons. The van der Waals surface area contributed by atoms with Crippen molar-refractivity contribution >= 4 is 21.4 Å². The summed E-state index contributed by atoms with van der Waals surface area (Å²) in [5.41, 5.74) is 8.37. The van der Waals surface area contributed by atoms with E-state index in [0.29, 0.717) is 15.9 Å². The van der Waals surface area contributed by atoms with Crippen molar-refractivity contribution in [1.82, 2.24) is 30.0 Å². The molecule has 7 nitrogen and oxygen atoms in total. The van der Waals surface area contributed by atoms with Crippen molar-refractivity contribution in [2.24, 2.45) is 0 Å². The second kappa shape index (κ2) is 3.01. The molecule has 3 aromatic rings. The van der Waals surface area contributed by atoms with Crippen LogP contribution in [0.25, 0.3) is 16.3 Å². The topological polar surface area (TPSA) is 97.8 Å². The Morgan fingerprint density at radius 1 is 1.31 bits per heavy atom. The number of aromatic amines is 1. The lowest BCUT2D eigenvalue weighted by molar-refractivity contribution is 0.969. The summed E-state index contributed by atoms with van der Waals surface area (Å²) in [6.07, 6.45) is 0. The molecular weight excluding hydrogens is 226 g/mol. The van der Waals surface area contributed by atoms with Gasteiger partial charge >= 0.3 is 0 Å². The fourth-order valence-electron chi connectivity index (χ4n) is 1.67. The average Bonchev–Trinajstić information content (AvgIpc) is 2.83. The zero-order valence-corrected chi connectivity index (χ0v) is 9.54. The summed E-state index contributed by atoms with van der Waals surface area (Å²) >= 11 is 1.31. The second-order valence-electron chi connectivity index (χ2n) is 3.47. The van der Waals surface area contributed by atoms with E-state index in [-0.39, 0.29) is 0 Å². The molecule has 0 saturated heterocycles. The first-order valence-electron chi connectivity index (χ1n) is 4.66. The highest BCUT2D eigenvalue weighted by Crippen LogP contribution is 2.26. The van der Waals surface area contributed by atoms with Crippen molar-refractivity contribution in [1.29, 1.82) is 0 Å². The summed E-state index contributed by atoms with van der Waals surface area (Å²) in [4.78, 5) is 0.688. The van der Waals surface area contributed by atoms with Crippen molar-refractivity contribution in [2.75, 3.05) is 5.73 Å². The summed E-state index contributed by atoms with van der Waals surface area (Å²) in [7, 11) is 0. The Kier molecular flexibility index (Phi) is 1.75. The molecule has 0 saturated carbocycles. The van der Waals surface area contributed by atoms with Crippen LogP contribution < -0.4 is 5.73 Å². The fraction of sp³-hybridized carbons (Fsp3) is 0.250. The van der Waals surface area contributed by atoms with E-state index >= 15 is 0 Å². The molecule has 0 amide bonds. The normalized spacial score (nSPS) is 11.4. The Hall–Kier alpha value is -1.96. The van der Waals surface area contributed by atoms with Gasteiger partial charge in [-0.1, -0.05) is 11.3 Å². The molecule has 0 aromatic carbocycles. The molecule has 16 heavy (non-hydrogen) atoms. The van der Waals surface area contributed by atoms with Crippen LogP contribution >= 0.6 is 11.3 Å². The van der Waals surface area contributed by atoms with Crippen LogP contribution in [0.4, 0.5) is 5.13 Å². The number of nitrogens with zero attached hydrogens (tertiary/aromatic N) is 5. The molecule has 0 aliphatic carbocycles. The lowest BCUT2D eigenvalue weighted by Crippen LogP contribution is -1.94. The monoisotopic (exact) mass is 235 g/mol. The number of hydrogen-bond donors (Lipinski definition) is 2. The number of aryl methyl sites for hydroxylation is 2. The van der Waals surface area contributed by atoms with Gasteiger partial charge in [0.15, 0.2) is 5.82 Å². The number of nitrogen functional groups attached to an aromatic ring is 1. The Labute approximate surface area is 94.3 Å². The third kappa shape index (κ3) is 1.13. The van der Waals surface area contributed by atoms with Gasteiger partial charge in [0, 0.05) is 5.69 Å². The van der Waals surface area contributed by atoms with Gasteiger partial charge in [-0.25, -0.2) is 0 Å². The molecule has 3 rings (SSSR count).